The lowest BCUT2D eigenvalue weighted by molar-refractivity contribution is 0.309. The number of nitrogens with one attached hydrogen (secondary N) is 1. The third-order valence-electron chi connectivity index (χ3n) is 2.69. The van der Waals surface area contributed by atoms with E-state index in [-0.39, 0.29) is 4.99 Å². The topological polar surface area (TPSA) is 75.4 Å². The highest BCUT2D eigenvalue weighted by molar-refractivity contribution is 7.93. The van der Waals surface area contributed by atoms with Crippen molar-refractivity contribution in [2.24, 2.45) is 5.73 Å². The average molecular weight is 281 g/mol. The van der Waals surface area contributed by atoms with Crippen LogP contribution in [0, 0.1) is 0 Å². The second-order valence-corrected chi connectivity index (χ2v) is 6.18. The van der Waals surface area contributed by atoms with Gasteiger partial charge in [-0.15, -0.1) is 0 Å². The van der Waals surface area contributed by atoms with Crippen LogP contribution in [0.1, 0.15) is 27.2 Å². The third kappa shape index (κ3) is 5.76. The van der Waals surface area contributed by atoms with Crippen LogP contribution >= 0.6 is 12.2 Å². The molecule has 0 aliphatic carbocycles. The Morgan fingerprint density at radius 3 is 2.24 bits per heavy atom. The van der Waals surface area contributed by atoms with Crippen LogP contribution in [0.25, 0.3) is 0 Å². The van der Waals surface area contributed by atoms with Crippen LogP contribution in [-0.2, 0) is 10.0 Å². The van der Waals surface area contributed by atoms with Crippen LogP contribution in [0.2, 0.25) is 0 Å². The Morgan fingerprint density at radius 2 is 1.88 bits per heavy atom. The van der Waals surface area contributed by atoms with Crippen LogP contribution in [0.4, 0.5) is 0 Å². The van der Waals surface area contributed by atoms with E-state index in [0.29, 0.717) is 19.5 Å². The fraction of sp³-hybridized carbons (Fsp3) is 0.900. The van der Waals surface area contributed by atoms with E-state index in [1.807, 2.05) is 13.8 Å². The van der Waals surface area contributed by atoms with Crippen molar-refractivity contribution >= 4 is 27.2 Å². The summed E-state index contributed by atoms with van der Waals surface area (Å²) in [5.41, 5.74) is 5.42. The Labute approximate surface area is 110 Å². The molecule has 0 amide bonds. The van der Waals surface area contributed by atoms with E-state index < -0.39 is 15.3 Å². The molecule has 0 saturated heterocycles. The molecular formula is C10H23N3O2S2. The smallest absolute Gasteiger partial charge is 0.221 e. The molecule has 1 unspecified atom stereocenters. The summed E-state index contributed by atoms with van der Waals surface area (Å²) in [6.45, 7) is 8.75. The minimum atomic E-state index is -3.43. The van der Waals surface area contributed by atoms with E-state index in [1.54, 1.807) is 6.92 Å². The van der Waals surface area contributed by atoms with Crippen LogP contribution in [0.3, 0.4) is 0 Å². The van der Waals surface area contributed by atoms with Crippen molar-refractivity contribution in [3.63, 3.8) is 0 Å². The molecule has 0 radical (unpaired) electrons. The van der Waals surface area contributed by atoms with Gasteiger partial charge >= 0.3 is 0 Å². The first kappa shape index (κ1) is 16.8. The zero-order valence-electron chi connectivity index (χ0n) is 10.8. The Balaban J connectivity index is 4.31. The molecule has 0 aliphatic heterocycles. The van der Waals surface area contributed by atoms with Gasteiger partial charge in [-0.3, -0.25) is 0 Å². The maximum absolute atomic E-state index is 11.9. The molecule has 0 bridgehead atoms. The number of nitrogens with two attached hydrogens (primary N) is 1. The predicted octanol–water partition coefficient (Wildman–Crippen LogP) is 0.312. The third-order valence-corrected chi connectivity index (χ3v) is 5.07. The highest BCUT2D eigenvalue weighted by atomic mass is 32.2. The monoisotopic (exact) mass is 281 g/mol. The quantitative estimate of drug-likeness (QED) is 0.595. The maximum Gasteiger partial charge on any atom is 0.221 e. The molecule has 0 aromatic carbocycles. The highest BCUT2D eigenvalue weighted by Crippen LogP contribution is 2.04. The largest absolute Gasteiger partial charge is 0.392 e. The number of hydrogen-bond donors (Lipinski definition) is 2. The van der Waals surface area contributed by atoms with Crippen molar-refractivity contribution < 1.29 is 8.42 Å². The lowest BCUT2D eigenvalue weighted by Crippen LogP contribution is -2.44. The van der Waals surface area contributed by atoms with Crippen LogP contribution < -0.4 is 10.5 Å². The van der Waals surface area contributed by atoms with Gasteiger partial charge in [0.25, 0.3) is 0 Å². The van der Waals surface area contributed by atoms with Crippen molar-refractivity contribution in [1.29, 1.82) is 0 Å². The van der Waals surface area contributed by atoms with Crippen molar-refractivity contribution in [3.8, 4) is 0 Å². The molecule has 0 aliphatic rings. The van der Waals surface area contributed by atoms with E-state index in [9.17, 15) is 8.42 Å². The summed E-state index contributed by atoms with van der Waals surface area (Å²) in [7, 11) is -3.43. The summed E-state index contributed by atoms with van der Waals surface area (Å²) < 4.78 is 26.3. The van der Waals surface area contributed by atoms with Crippen molar-refractivity contribution in [1.82, 2.24) is 9.62 Å². The number of hydrogen-bond acceptors (Lipinski definition) is 4. The Bertz CT molecular complexity index is 326. The van der Waals surface area contributed by atoms with Gasteiger partial charge < -0.3 is 10.6 Å². The number of rotatable bonds is 9. The Morgan fingerprint density at radius 1 is 1.35 bits per heavy atom. The number of sulfonamides is 1. The SMILES string of the molecule is CCC(C(N)=S)S(=O)(=O)NCCN(CC)CC. The standard InChI is InChI=1S/C10H23N3O2S2/c1-4-9(10(11)16)17(14,15)12-7-8-13(5-2)6-3/h9,12H,4-8H2,1-3H3,(H2,11,16). The van der Waals surface area contributed by atoms with Crippen LogP contribution in [-0.4, -0.2) is 49.7 Å². The zero-order valence-corrected chi connectivity index (χ0v) is 12.4. The fourth-order valence-corrected chi connectivity index (χ4v) is 3.43. The molecule has 102 valence electrons. The average Bonchev–Trinajstić information content (AvgIpc) is 2.24. The van der Waals surface area contributed by atoms with Gasteiger partial charge in [-0.2, -0.15) is 0 Å². The van der Waals surface area contributed by atoms with Gasteiger partial charge in [-0.25, -0.2) is 13.1 Å². The molecule has 0 heterocycles. The molecule has 0 aromatic heterocycles. The molecule has 0 aromatic rings. The van der Waals surface area contributed by atoms with Gasteiger partial charge in [0.2, 0.25) is 10.0 Å². The number of thiocarbonyl (C=S) groups is 1. The summed E-state index contributed by atoms with van der Waals surface area (Å²) >= 11 is 4.76. The van der Waals surface area contributed by atoms with Crippen molar-refractivity contribution in [2.45, 2.75) is 32.4 Å². The van der Waals surface area contributed by atoms with Gasteiger partial charge in [0, 0.05) is 13.1 Å². The molecule has 0 spiro atoms. The summed E-state index contributed by atoms with van der Waals surface area (Å²) in [6, 6.07) is 0. The zero-order chi connectivity index (χ0) is 13.5. The minimum absolute atomic E-state index is 0.0304. The first-order valence-corrected chi connectivity index (χ1v) is 7.84. The molecule has 0 saturated carbocycles. The lowest BCUT2D eigenvalue weighted by Gasteiger charge is -2.20. The molecule has 0 fully saturated rings. The second kappa shape index (κ2) is 7.97. The summed E-state index contributed by atoms with van der Waals surface area (Å²) in [6.07, 6.45) is 0.399. The Hall–Kier alpha value is -0.240. The van der Waals surface area contributed by atoms with E-state index in [0.717, 1.165) is 13.1 Å². The van der Waals surface area contributed by atoms with Crippen molar-refractivity contribution in [3.05, 3.63) is 0 Å². The summed E-state index contributed by atoms with van der Waals surface area (Å²) in [4.78, 5) is 2.17. The van der Waals surface area contributed by atoms with E-state index in [4.69, 9.17) is 18.0 Å². The highest BCUT2D eigenvalue weighted by Gasteiger charge is 2.25. The first-order chi connectivity index (χ1) is 7.88. The maximum atomic E-state index is 11.9. The van der Waals surface area contributed by atoms with E-state index in [1.165, 1.54) is 0 Å². The fourth-order valence-electron chi connectivity index (χ4n) is 1.56. The number of likely N-dealkylation sites (N-methyl/N-ethyl adjacent to an activating group) is 1. The summed E-state index contributed by atoms with van der Waals surface area (Å²) in [5, 5.41) is -0.769. The predicted molar refractivity (Wildman–Crippen MR) is 75.6 cm³/mol. The van der Waals surface area contributed by atoms with Crippen molar-refractivity contribution in [2.75, 3.05) is 26.2 Å². The molecular weight excluding hydrogens is 258 g/mol. The molecule has 1 atom stereocenters. The second-order valence-electron chi connectivity index (χ2n) is 3.77. The van der Waals surface area contributed by atoms with Gasteiger partial charge in [0.1, 0.15) is 5.25 Å². The van der Waals surface area contributed by atoms with Gasteiger partial charge in [0.05, 0.1) is 4.99 Å². The summed E-state index contributed by atoms with van der Waals surface area (Å²) in [5.74, 6) is 0. The normalized spacial score (nSPS) is 13.9. The number of nitrogens with zero attached hydrogens (tertiary/aromatic N) is 1. The van der Waals surface area contributed by atoms with Crippen LogP contribution in [0.15, 0.2) is 0 Å². The molecule has 5 nitrogen and oxygen atoms in total. The first-order valence-electron chi connectivity index (χ1n) is 5.89. The van der Waals surface area contributed by atoms with Gasteiger partial charge in [-0.05, 0) is 19.5 Å². The molecule has 7 heteroatoms. The molecule has 17 heavy (non-hydrogen) atoms. The van der Waals surface area contributed by atoms with E-state index >= 15 is 0 Å². The molecule has 3 N–H and O–H groups in total. The van der Waals surface area contributed by atoms with Gasteiger partial charge in [0.15, 0.2) is 0 Å². The minimum Gasteiger partial charge on any atom is -0.392 e. The lowest BCUT2D eigenvalue weighted by atomic mass is 10.3. The van der Waals surface area contributed by atoms with E-state index in [2.05, 4.69) is 9.62 Å². The Kier molecular flexibility index (Phi) is 7.85. The molecule has 0 rings (SSSR count). The van der Waals surface area contributed by atoms with Gasteiger partial charge in [-0.1, -0.05) is 33.0 Å². The van der Waals surface area contributed by atoms with Crippen LogP contribution in [0.5, 0.6) is 0 Å².